The highest BCUT2D eigenvalue weighted by Crippen LogP contribution is 2.37. The molecule has 4 N–H and O–H groups in total. The Morgan fingerprint density at radius 2 is 2.17 bits per heavy atom. The minimum absolute atomic E-state index is 0.0399. The SMILES string of the molecule is COc1cc(C(=O)N2CCC[C@H]2CN)cc(Cl)c1OCC(N)=O. The fraction of sp³-hybridized carbons (Fsp3) is 0.467. The molecule has 2 rings (SSSR count). The lowest BCUT2D eigenvalue weighted by atomic mass is 10.1. The maximum absolute atomic E-state index is 12.7. The molecule has 1 aromatic rings. The minimum atomic E-state index is -0.633. The van der Waals surface area contributed by atoms with Crippen LogP contribution in [0.25, 0.3) is 0 Å². The van der Waals surface area contributed by atoms with Crippen LogP contribution in [-0.4, -0.2) is 49.6 Å². The summed E-state index contributed by atoms with van der Waals surface area (Å²) in [6, 6.07) is 3.07. The van der Waals surface area contributed by atoms with Crippen molar-refractivity contribution in [3.8, 4) is 11.5 Å². The van der Waals surface area contributed by atoms with Gasteiger partial charge in [0.2, 0.25) is 0 Å². The van der Waals surface area contributed by atoms with Gasteiger partial charge in [-0.05, 0) is 25.0 Å². The Labute approximate surface area is 139 Å². The van der Waals surface area contributed by atoms with Crippen molar-refractivity contribution in [2.24, 2.45) is 11.5 Å². The van der Waals surface area contributed by atoms with Crippen LogP contribution in [0.15, 0.2) is 12.1 Å². The van der Waals surface area contributed by atoms with Crippen molar-refractivity contribution in [2.45, 2.75) is 18.9 Å². The first-order valence-corrected chi connectivity index (χ1v) is 7.65. The number of primary amides is 1. The number of likely N-dealkylation sites (tertiary alicyclic amines) is 1. The van der Waals surface area contributed by atoms with E-state index in [-0.39, 0.29) is 35.1 Å². The van der Waals surface area contributed by atoms with Crippen LogP contribution in [-0.2, 0) is 4.79 Å². The van der Waals surface area contributed by atoms with Gasteiger partial charge in [-0.1, -0.05) is 11.6 Å². The van der Waals surface area contributed by atoms with Gasteiger partial charge in [0, 0.05) is 24.7 Å². The highest BCUT2D eigenvalue weighted by molar-refractivity contribution is 6.32. The van der Waals surface area contributed by atoms with Gasteiger partial charge in [-0.15, -0.1) is 0 Å². The normalized spacial score (nSPS) is 17.2. The molecule has 1 heterocycles. The highest BCUT2D eigenvalue weighted by atomic mass is 35.5. The molecule has 0 saturated carbocycles. The molecule has 0 bridgehead atoms. The summed E-state index contributed by atoms with van der Waals surface area (Å²) in [5.74, 6) is -0.336. The van der Waals surface area contributed by atoms with E-state index in [1.54, 1.807) is 4.90 Å². The maximum Gasteiger partial charge on any atom is 0.255 e. The second-order valence-corrected chi connectivity index (χ2v) is 5.68. The summed E-state index contributed by atoms with van der Waals surface area (Å²) >= 11 is 6.17. The van der Waals surface area contributed by atoms with E-state index < -0.39 is 5.91 Å². The number of benzene rings is 1. The van der Waals surface area contributed by atoms with Gasteiger partial charge in [0.05, 0.1) is 12.1 Å². The number of ether oxygens (including phenoxy) is 2. The third-order valence-corrected chi connectivity index (χ3v) is 4.03. The van der Waals surface area contributed by atoms with Crippen LogP contribution >= 0.6 is 11.6 Å². The lowest BCUT2D eigenvalue weighted by Crippen LogP contribution is -2.39. The van der Waals surface area contributed by atoms with Crippen LogP contribution in [0.2, 0.25) is 5.02 Å². The van der Waals surface area contributed by atoms with Crippen LogP contribution in [0.5, 0.6) is 11.5 Å². The maximum atomic E-state index is 12.7. The molecule has 7 nitrogen and oxygen atoms in total. The summed E-state index contributed by atoms with van der Waals surface area (Å²) in [5.41, 5.74) is 11.2. The van der Waals surface area contributed by atoms with Crippen LogP contribution < -0.4 is 20.9 Å². The number of carbonyl (C=O) groups excluding carboxylic acids is 2. The predicted molar refractivity (Wildman–Crippen MR) is 85.8 cm³/mol. The topological polar surface area (TPSA) is 108 Å². The zero-order valence-corrected chi connectivity index (χ0v) is 13.6. The Morgan fingerprint density at radius 3 is 2.78 bits per heavy atom. The molecule has 0 aliphatic carbocycles. The second-order valence-electron chi connectivity index (χ2n) is 5.27. The lowest BCUT2D eigenvalue weighted by Gasteiger charge is -2.24. The second kappa shape index (κ2) is 7.52. The van der Waals surface area contributed by atoms with Crippen molar-refractivity contribution in [3.63, 3.8) is 0 Å². The van der Waals surface area contributed by atoms with E-state index >= 15 is 0 Å². The summed E-state index contributed by atoms with van der Waals surface area (Å²) in [6.07, 6.45) is 1.82. The molecule has 8 heteroatoms. The first-order valence-electron chi connectivity index (χ1n) is 7.27. The first kappa shape index (κ1) is 17.4. The molecular formula is C15H20ClN3O4. The lowest BCUT2D eigenvalue weighted by molar-refractivity contribution is -0.119. The van der Waals surface area contributed by atoms with Crippen LogP contribution in [0.3, 0.4) is 0 Å². The summed E-state index contributed by atoms with van der Waals surface area (Å²) in [5, 5.41) is 0.178. The number of carbonyl (C=O) groups is 2. The van der Waals surface area contributed by atoms with Gasteiger partial charge in [-0.3, -0.25) is 9.59 Å². The average Bonchev–Trinajstić information content (AvgIpc) is 3.00. The van der Waals surface area contributed by atoms with Gasteiger partial charge >= 0.3 is 0 Å². The van der Waals surface area contributed by atoms with Gasteiger partial charge in [0.25, 0.3) is 11.8 Å². The molecule has 2 amide bonds. The Kier molecular flexibility index (Phi) is 5.68. The summed E-state index contributed by atoms with van der Waals surface area (Å²) < 4.78 is 10.5. The molecule has 0 spiro atoms. The summed E-state index contributed by atoms with van der Waals surface area (Å²) in [7, 11) is 1.43. The zero-order valence-electron chi connectivity index (χ0n) is 12.9. The predicted octanol–water partition coefficient (Wildman–Crippen LogP) is 0.776. The van der Waals surface area contributed by atoms with Crippen molar-refractivity contribution < 1.29 is 19.1 Å². The number of hydrogen-bond acceptors (Lipinski definition) is 5. The van der Waals surface area contributed by atoms with Crippen LogP contribution in [0.1, 0.15) is 23.2 Å². The van der Waals surface area contributed by atoms with E-state index in [1.165, 1.54) is 19.2 Å². The third kappa shape index (κ3) is 3.86. The fourth-order valence-electron chi connectivity index (χ4n) is 2.64. The smallest absolute Gasteiger partial charge is 0.255 e. The molecule has 23 heavy (non-hydrogen) atoms. The number of amides is 2. The van der Waals surface area contributed by atoms with E-state index in [0.717, 1.165) is 12.8 Å². The Balaban J connectivity index is 2.28. The van der Waals surface area contributed by atoms with Crippen molar-refractivity contribution in [3.05, 3.63) is 22.7 Å². The molecule has 0 aromatic heterocycles. The molecule has 0 unspecified atom stereocenters. The molecule has 1 atom stereocenters. The monoisotopic (exact) mass is 341 g/mol. The third-order valence-electron chi connectivity index (χ3n) is 3.75. The van der Waals surface area contributed by atoms with E-state index in [9.17, 15) is 9.59 Å². The Hall–Kier alpha value is -1.99. The van der Waals surface area contributed by atoms with Crippen molar-refractivity contribution in [1.29, 1.82) is 0 Å². The number of rotatable bonds is 6. The minimum Gasteiger partial charge on any atom is -0.493 e. The number of hydrogen-bond donors (Lipinski definition) is 2. The average molecular weight is 342 g/mol. The number of methoxy groups -OCH3 is 1. The van der Waals surface area contributed by atoms with Gasteiger partial charge in [-0.25, -0.2) is 0 Å². The molecule has 1 aliphatic rings. The number of nitrogens with zero attached hydrogens (tertiary/aromatic N) is 1. The molecule has 126 valence electrons. The standard InChI is InChI=1S/C15H20ClN3O4/c1-22-12-6-9(5-11(16)14(12)23-8-13(18)20)15(21)19-4-2-3-10(19)7-17/h5-6,10H,2-4,7-8,17H2,1H3,(H2,18,20)/t10-/m0/s1. The van der Waals surface area contributed by atoms with Gasteiger partial charge < -0.3 is 25.8 Å². The quantitative estimate of drug-likeness (QED) is 0.794. The molecular weight excluding hydrogens is 322 g/mol. The van der Waals surface area contributed by atoms with Crippen molar-refractivity contribution >= 4 is 23.4 Å². The van der Waals surface area contributed by atoms with Crippen LogP contribution in [0.4, 0.5) is 0 Å². The van der Waals surface area contributed by atoms with Gasteiger partial charge in [-0.2, -0.15) is 0 Å². The van der Waals surface area contributed by atoms with Crippen molar-refractivity contribution in [1.82, 2.24) is 4.90 Å². The molecule has 0 radical (unpaired) electrons. The van der Waals surface area contributed by atoms with Gasteiger partial charge in [0.15, 0.2) is 18.1 Å². The van der Waals surface area contributed by atoms with Gasteiger partial charge in [0.1, 0.15) is 0 Å². The van der Waals surface area contributed by atoms with E-state index in [4.69, 9.17) is 32.5 Å². The molecule has 1 saturated heterocycles. The summed E-state index contributed by atoms with van der Waals surface area (Å²) in [6.45, 7) is 0.766. The van der Waals surface area contributed by atoms with E-state index in [1.807, 2.05) is 0 Å². The molecule has 1 fully saturated rings. The highest BCUT2D eigenvalue weighted by Gasteiger charge is 2.29. The molecule has 1 aromatic carbocycles. The number of halogens is 1. The summed E-state index contributed by atoms with van der Waals surface area (Å²) in [4.78, 5) is 25.2. The van der Waals surface area contributed by atoms with E-state index in [2.05, 4.69) is 0 Å². The molecule has 1 aliphatic heterocycles. The number of nitrogens with two attached hydrogens (primary N) is 2. The van der Waals surface area contributed by atoms with Crippen molar-refractivity contribution in [2.75, 3.05) is 26.8 Å². The Bertz CT molecular complexity index is 609. The zero-order chi connectivity index (χ0) is 17.0. The Morgan fingerprint density at radius 1 is 1.43 bits per heavy atom. The first-order chi connectivity index (χ1) is 11.0. The fourth-order valence-corrected chi connectivity index (χ4v) is 2.91. The van der Waals surface area contributed by atoms with Crippen LogP contribution in [0, 0.1) is 0 Å². The largest absolute Gasteiger partial charge is 0.493 e. The van der Waals surface area contributed by atoms with E-state index in [0.29, 0.717) is 18.7 Å².